The Balaban J connectivity index is 1.83. The monoisotopic (exact) mass is 507 g/mol. The molecule has 1 saturated heterocycles. The van der Waals surface area contributed by atoms with Crippen LogP contribution in [-0.2, 0) is 4.79 Å². The average Bonchev–Trinajstić information content (AvgIpc) is 2.72. The summed E-state index contributed by atoms with van der Waals surface area (Å²) in [5.74, 6) is -5.03. The lowest BCUT2D eigenvalue weighted by molar-refractivity contribution is -0.274. The van der Waals surface area contributed by atoms with Crippen molar-refractivity contribution in [1.82, 2.24) is 20.2 Å². The van der Waals surface area contributed by atoms with Crippen LogP contribution in [-0.4, -0.2) is 58.1 Å². The zero-order chi connectivity index (χ0) is 25.1. The number of pyridine rings is 2. The molecule has 1 fully saturated rings. The van der Waals surface area contributed by atoms with Gasteiger partial charge in [-0.15, -0.1) is 13.2 Å². The quantitative estimate of drug-likeness (QED) is 0.570. The first kappa shape index (κ1) is 25.4. The molecule has 0 aromatic carbocycles. The molecule has 0 bridgehead atoms. The lowest BCUT2D eigenvalue weighted by atomic mass is 9.98. The summed E-state index contributed by atoms with van der Waals surface area (Å²) in [6.07, 6.45) is -4.34. The minimum Gasteiger partial charge on any atom is -0.406 e. The number of halogens is 6. The number of alkyl halides is 5. The van der Waals surface area contributed by atoms with E-state index in [-0.39, 0.29) is 41.2 Å². The van der Waals surface area contributed by atoms with Gasteiger partial charge in [0.1, 0.15) is 23.1 Å². The Kier molecular flexibility index (Phi) is 7.44. The Hall–Kier alpha value is -3.22. The Morgan fingerprint density at radius 3 is 2.68 bits per heavy atom. The van der Waals surface area contributed by atoms with Crippen LogP contribution in [0.15, 0.2) is 30.5 Å². The van der Waals surface area contributed by atoms with Gasteiger partial charge >= 0.3 is 6.36 Å². The summed E-state index contributed by atoms with van der Waals surface area (Å²) < 4.78 is 69.3. The number of likely N-dealkylation sites (tertiary alicyclic amines) is 1. The number of nitrogens with one attached hydrogen (secondary N) is 2. The molecule has 0 saturated carbocycles. The Morgan fingerprint density at radius 2 is 2.00 bits per heavy atom. The van der Waals surface area contributed by atoms with Gasteiger partial charge in [0.05, 0.1) is 11.6 Å². The molecule has 1 atom stereocenters. The molecular weight excluding hydrogens is 489 g/mol. The van der Waals surface area contributed by atoms with E-state index in [2.05, 4.69) is 25.3 Å². The summed E-state index contributed by atoms with van der Waals surface area (Å²) in [7, 11) is 0. The first-order valence-corrected chi connectivity index (χ1v) is 10.3. The molecule has 1 aliphatic rings. The van der Waals surface area contributed by atoms with E-state index in [9.17, 15) is 31.5 Å². The topological polar surface area (TPSA) is 96.5 Å². The molecule has 34 heavy (non-hydrogen) atoms. The summed E-state index contributed by atoms with van der Waals surface area (Å²) in [6.45, 7) is 0.354. The van der Waals surface area contributed by atoms with Crippen LogP contribution in [0, 0.1) is 0 Å². The maximum atomic E-state index is 14.1. The number of piperidine rings is 1. The van der Waals surface area contributed by atoms with Gasteiger partial charge in [-0.05, 0) is 24.6 Å². The van der Waals surface area contributed by atoms with Crippen LogP contribution >= 0.6 is 11.6 Å². The van der Waals surface area contributed by atoms with E-state index in [1.54, 1.807) is 0 Å². The Bertz CT molecular complexity index is 1070. The lowest BCUT2D eigenvalue weighted by Gasteiger charge is -2.39. The molecule has 3 heterocycles. The fourth-order valence-electron chi connectivity index (χ4n) is 3.31. The van der Waals surface area contributed by atoms with E-state index >= 15 is 0 Å². The minimum atomic E-state index is -4.90. The molecule has 14 heteroatoms. The van der Waals surface area contributed by atoms with Crippen molar-refractivity contribution in [2.24, 2.45) is 0 Å². The first-order chi connectivity index (χ1) is 15.8. The number of hydrogen-bond donors (Lipinski definition) is 2. The maximum Gasteiger partial charge on any atom is 0.573 e. The van der Waals surface area contributed by atoms with Gasteiger partial charge in [-0.25, -0.2) is 18.7 Å². The molecule has 8 nitrogen and oxygen atoms in total. The average molecular weight is 508 g/mol. The third-order valence-electron chi connectivity index (χ3n) is 4.80. The molecular formula is C20H19ClF5N5O3. The third-order valence-corrected chi connectivity index (χ3v) is 5.11. The van der Waals surface area contributed by atoms with Crippen molar-refractivity contribution in [2.75, 3.05) is 18.4 Å². The summed E-state index contributed by atoms with van der Waals surface area (Å²) >= 11 is 6.10. The van der Waals surface area contributed by atoms with Gasteiger partial charge in [0.25, 0.3) is 11.8 Å². The van der Waals surface area contributed by atoms with Crippen LogP contribution < -0.4 is 15.4 Å². The molecule has 0 unspecified atom stereocenters. The number of nitrogens with zero attached hydrogens (tertiary/aromatic N) is 3. The van der Waals surface area contributed by atoms with Crippen molar-refractivity contribution in [1.29, 1.82) is 0 Å². The Labute approximate surface area is 195 Å². The predicted molar refractivity (Wildman–Crippen MR) is 111 cm³/mol. The van der Waals surface area contributed by atoms with Crippen molar-refractivity contribution in [3.63, 3.8) is 0 Å². The highest BCUT2D eigenvalue weighted by atomic mass is 35.5. The standard InChI is InChI=1S/C20H19ClF5N5O3/c1-11(32)28-9-12-4-6-19(22,23)10-31(12)18(33)17-14(21)2-3-15(30-17)29-16-8-13(5-7-27-16)34-20(24,25)26/h2-3,5,7-8,12H,4,6,9-10H2,1H3,(H,28,32)(H,27,29,30)/t12-/m1/s1. The van der Waals surface area contributed by atoms with Crippen LogP contribution in [0.4, 0.5) is 33.6 Å². The van der Waals surface area contributed by atoms with E-state index in [0.717, 1.165) is 23.2 Å². The van der Waals surface area contributed by atoms with Gasteiger partial charge in [-0.2, -0.15) is 0 Å². The fourth-order valence-corrected chi connectivity index (χ4v) is 3.49. The highest BCUT2D eigenvalue weighted by Crippen LogP contribution is 2.32. The van der Waals surface area contributed by atoms with E-state index in [1.807, 2.05) is 0 Å². The van der Waals surface area contributed by atoms with Gasteiger partial charge < -0.3 is 20.3 Å². The number of ether oxygens (including phenoxy) is 1. The Morgan fingerprint density at radius 1 is 1.26 bits per heavy atom. The highest BCUT2D eigenvalue weighted by Gasteiger charge is 2.43. The minimum absolute atomic E-state index is 0.0217. The normalized spacial score (nSPS) is 17.7. The van der Waals surface area contributed by atoms with Crippen LogP contribution in [0.2, 0.25) is 5.02 Å². The number of anilines is 2. The second-order valence-corrected chi connectivity index (χ2v) is 7.90. The number of aromatic nitrogens is 2. The van der Waals surface area contributed by atoms with Crippen molar-refractivity contribution >= 4 is 35.1 Å². The molecule has 2 N–H and O–H groups in total. The molecule has 2 aromatic heterocycles. The van der Waals surface area contributed by atoms with Gasteiger partial charge in [0.15, 0.2) is 0 Å². The molecule has 0 spiro atoms. The van der Waals surface area contributed by atoms with E-state index in [4.69, 9.17) is 11.6 Å². The summed E-state index contributed by atoms with van der Waals surface area (Å²) in [5.41, 5.74) is -0.347. The van der Waals surface area contributed by atoms with Crippen molar-refractivity contribution in [2.45, 2.75) is 38.1 Å². The molecule has 2 aromatic rings. The highest BCUT2D eigenvalue weighted by molar-refractivity contribution is 6.33. The van der Waals surface area contributed by atoms with Gasteiger partial charge in [-0.1, -0.05) is 11.6 Å². The number of rotatable bonds is 6. The van der Waals surface area contributed by atoms with Crippen molar-refractivity contribution < 1.29 is 36.3 Å². The number of carbonyl (C=O) groups excluding carboxylic acids is 2. The maximum absolute atomic E-state index is 14.1. The lowest BCUT2D eigenvalue weighted by Crippen LogP contribution is -2.55. The van der Waals surface area contributed by atoms with E-state index in [1.165, 1.54) is 19.1 Å². The molecule has 0 radical (unpaired) electrons. The summed E-state index contributed by atoms with van der Waals surface area (Å²) in [6, 6.07) is 3.86. The van der Waals surface area contributed by atoms with Crippen LogP contribution in [0.5, 0.6) is 5.75 Å². The molecule has 184 valence electrons. The SMILES string of the molecule is CC(=O)NC[C@H]1CCC(F)(F)CN1C(=O)c1nc(Nc2cc(OC(F)(F)F)ccn2)ccc1Cl. The summed E-state index contributed by atoms with van der Waals surface area (Å²) in [5, 5.41) is 5.01. The molecule has 1 aliphatic heterocycles. The second-order valence-electron chi connectivity index (χ2n) is 7.50. The van der Waals surface area contributed by atoms with Crippen molar-refractivity contribution in [3.05, 3.63) is 41.2 Å². The largest absolute Gasteiger partial charge is 0.573 e. The molecule has 2 amide bonds. The van der Waals surface area contributed by atoms with Gasteiger partial charge in [-0.3, -0.25) is 9.59 Å². The predicted octanol–water partition coefficient (Wildman–Crippen LogP) is 4.15. The number of amides is 2. The van der Waals surface area contributed by atoms with Crippen LogP contribution in [0.3, 0.4) is 0 Å². The second kappa shape index (κ2) is 9.95. The van der Waals surface area contributed by atoms with Gasteiger partial charge in [0.2, 0.25) is 5.91 Å². The van der Waals surface area contributed by atoms with Crippen molar-refractivity contribution in [3.8, 4) is 5.75 Å². The summed E-state index contributed by atoms with van der Waals surface area (Å²) in [4.78, 5) is 33.2. The number of carbonyl (C=O) groups is 2. The van der Waals surface area contributed by atoms with Crippen LogP contribution in [0.1, 0.15) is 30.3 Å². The van der Waals surface area contributed by atoms with E-state index in [0.29, 0.717) is 0 Å². The number of hydrogen-bond acceptors (Lipinski definition) is 6. The molecule has 3 rings (SSSR count). The smallest absolute Gasteiger partial charge is 0.406 e. The van der Waals surface area contributed by atoms with Gasteiger partial charge in [0, 0.05) is 38.2 Å². The zero-order valence-electron chi connectivity index (χ0n) is 17.6. The first-order valence-electron chi connectivity index (χ1n) is 9.91. The third kappa shape index (κ3) is 6.89. The fraction of sp³-hybridized carbons (Fsp3) is 0.400. The molecule has 0 aliphatic carbocycles. The van der Waals surface area contributed by atoms with E-state index < -0.39 is 42.9 Å². The van der Waals surface area contributed by atoms with Crippen LogP contribution in [0.25, 0.3) is 0 Å². The zero-order valence-corrected chi connectivity index (χ0v) is 18.4.